The normalized spacial score (nSPS) is 12.6. The summed E-state index contributed by atoms with van der Waals surface area (Å²) in [7, 11) is 3.38. The number of hydrogen-bond donors (Lipinski definition) is 6. The van der Waals surface area contributed by atoms with E-state index in [2.05, 4.69) is 71.9 Å². The molecule has 0 radical (unpaired) electrons. The number of carboxylic acid groups (broad SMARTS) is 1. The number of allylic oxidation sites excluding steroid dienone is 11. The number of carboxylic acids is 1. The van der Waals surface area contributed by atoms with Crippen molar-refractivity contribution in [3.05, 3.63) is 72.9 Å². The predicted molar refractivity (Wildman–Crippen MR) is 186 cm³/mol. The van der Waals surface area contributed by atoms with E-state index in [1.807, 2.05) is 12.2 Å². The van der Waals surface area contributed by atoms with Crippen molar-refractivity contribution in [1.82, 2.24) is 10.2 Å². The number of ether oxygens (including phenoxy) is 1. The van der Waals surface area contributed by atoms with E-state index in [1.54, 1.807) is 34.0 Å². The zero-order valence-corrected chi connectivity index (χ0v) is 28.2. The molecule has 0 fully saturated rings. The number of amides is 1. The van der Waals surface area contributed by atoms with Crippen LogP contribution in [0.4, 0.5) is 0 Å². The SMILES string of the molecule is CC/C=C\C/C=C\C/C=C\C/C=C\C/C=C\C/C=C\CC(=O)OCC(C)(C)[C@@H](O)C(=O)NCCC(=O)O.CN(C)C(=N)N=C(N)N. The summed E-state index contributed by atoms with van der Waals surface area (Å²) in [6.45, 7) is 5.11. The number of carbonyl (C=O) groups is 3. The summed E-state index contributed by atoms with van der Waals surface area (Å²) in [4.78, 5) is 39.4. The number of nitrogens with two attached hydrogens (primary N) is 2. The third-order valence-electron chi connectivity index (χ3n) is 5.77. The van der Waals surface area contributed by atoms with E-state index in [4.69, 9.17) is 26.7 Å². The number of aliphatic imine (C=N–C) groups is 1. The van der Waals surface area contributed by atoms with Crippen molar-refractivity contribution in [2.45, 2.75) is 78.2 Å². The van der Waals surface area contributed by atoms with Crippen LogP contribution in [0.25, 0.3) is 0 Å². The maximum Gasteiger partial charge on any atom is 0.309 e. The van der Waals surface area contributed by atoms with Gasteiger partial charge in [-0.15, -0.1) is 0 Å². The largest absolute Gasteiger partial charge is 0.481 e. The summed E-state index contributed by atoms with van der Waals surface area (Å²) in [5.41, 5.74) is 8.97. The molecule has 0 aromatic rings. The highest BCUT2D eigenvalue weighted by molar-refractivity contribution is 5.91. The van der Waals surface area contributed by atoms with E-state index < -0.39 is 29.4 Å². The number of carbonyl (C=O) groups excluding carboxylic acids is 2. The number of nitrogens with one attached hydrogen (secondary N) is 2. The molecule has 1 amide bonds. The lowest BCUT2D eigenvalue weighted by Gasteiger charge is -2.28. The molecule has 258 valence electrons. The van der Waals surface area contributed by atoms with Crippen LogP contribution in [0.3, 0.4) is 0 Å². The van der Waals surface area contributed by atoms with Crippen molar-refractivity contribution in [3.8, 4) is 0 Å². The fourth-order valence-electron chi connectivity index (χ4n) is 3.07. The second-order valence-electron chi connectivity index (χ2n) is 10.9. The van der Waals surface area contributed by atoms with Crippen LogP contribution in [0.15, 0.2) is 77.9 Å². The minimum absolute atomic E-state index is 0.0509. The van der Waals surface area contributed by atoms with Gasteiger partial charge < -0.3 is 36.6 Å². The fraction of sp³-hybridized carbons (Fsp3) is 0.500. The van der Waals surface area contributed by atoms with Gasteiger partial charge in [0.25, 0.3) is 0 Å². The Bertz CT molecular complexity index is 1100. The van der Waals surface area contributed by atoms with Crippen LogP contribution in [-0.2, 0) is 19.1 Å². The van der Waals surface area contributed by atoms with Crippen molar-refractivity contribution in [3.63, 3.8) is 0 Å². The maximum atomic E-state index is 11.9. The first-order chi connectivity index (χ1) is 21.7. The predicted octanol–water partition coefficient (Wildman–Crippen LogP) is 4.35. The molecule has 0 aromatic heterocycles. The van der Waals surface area contributed by atoms with Crippen LogP contribution in [0.2, 0.25) is 0 Å². The molecule has 8 N–H and O–H groups in total. The molecule has 0 saturated carbocycles. The Morgan fingerprint density at radius 2 is 1.30 bits per heavy atom. The van der Waals surface area contributed by atoms with Crippen LogP contribution in [0.1, 0.15) is 72.1 Å². The standard InChI is InChI=1S/C30H45NO6.C4H11N5/c1-4-5-6-7-8-9-10-11-12-13-14-15-16-17-18-19-20-21-22-27(34)37-25-30(2,3)28(35)29(36)31-24-23-26(32)33;1-9(2)4(7)8-3(5)6/h5-6,8-9,11-12,14-15,17-18,20-21,28,35H,4,7,10,13,16,19,22-25H2,1-3H3,(H,31,36)(H,32,33);1-2H3,(H5,5,6,7,8)/b6-5-,9-8-,12-11-,15-14-,18-17-,21-20-;/t28-;/m0./s1. The topological polar surface area (TPSA) is 204 Å². The second kappa shape index (κ2) is 28.1. The van der Waals surface area contributed by atoms with Crippen molar-refractivity contribution in [1.29, 1.82) is 5.41 Å². The number of aliphatic hydroxyl groups is 1. The molecule has 0 saturated heterocycles. The van der Waals surface area contributed by atoms with Crippen LogP contribution < -0.4 is 16.8 Å². The molecule has 0 aliphatic rings. The molecule has 0 rings (SSSR count). The van der Waals surface area contributed by atoms with Gasteiger partial charge in [-0.2, -0.15) is 4.99 Å². The molecule has 0 spiro atoms. The minimum Gasteiger partial charge on any atom is -0.481 e. The zero-order chi connectivity index (χ0) is 35.2. The molecule has 0 aliphatic heterocycles. The highest BCUT2D eigenvalue weighted by Gasteiger charge is 2.34. The molecular formula is C34H56N6O6. The van der Waals surface area contributed by atoms with E-state index in [1.165, 1.54) is 4.90 Å². The Balaban J connectivity index is 0. The van der Waals surface area contributed by atoms with Gasteiger partial charge in [0, 0.05) is 26.1 Å². The molecule has 12 nitrogen and oxygen atoms in total. The second-order valence-corrected chi connectivity index (χ2v) is 10.9. The summed E-state index contributed by atoms with van der Waals surface area (Å²) >= 11 is 0. The van der Waals surface area contributed by atoms with Gasteiger partial charge >= 0.3 is 11.9 Å². The Hall–Kier alpha value is -4.45. The summed E-state index contributed by atoms with van der Waals surface area (Å²) in [6, 6.07) is 0. The van der Waals surface area contributed by atoms with Gasteiger partial charge in [-0.05, 0) is 38.5 Å². The van der Waals surface area contributed by atoms with Gasteiger partial charge in [0.15, 0.2) is 5.96 Å². The molecule has 46 heavy (non-hydrogen) atoms. The van der Waals surface area contributed by atoms with E-state index in [-0.39, 0.29) is 37.9 Å². The number of nitrogens with zero attached hydrogens (tertiary/aromatic N) is 2. The molecule has 1 atom stereocenters. The minimum atomic E-state index is -1.43. The first kappa shape index (κ1) is 43.7. The first-order valence-electron chi connectivity index (χ1n) is 15.3. The molecule has 0 unspecified atom stereocenters. The van der Waals surface area contributed by atoms with Gasteiger partial charge in [-0.1, -0.05) is 93.7 Å². The van der Waals surface area contributed by atoms with Crippen LogP contribution in [0, 0.1) is 10.8 Å². The summed E-state index contributed by atoms with van der Waals surface area (Å²) in [6.07, 6.45) is 29.0. The van der Waals surface area contributed by atoms with Crippen molar-refractivity contribution < 1.29 is 29.3 Å². The monoisotopic (exact) mass is 644 g/mol. The van der Waals surface area contributed by atoms with E-state index in [0.29, 0.717) is 6.42 Å². The fourth-order valence-corrected chi connectivity index (χ4v) is 3.07. The maximum absolute atomic E-state index is 11.9. The molecule has 0 heterocycles. The molecule has 0 bridgehead atoms. The number of hydrogen-bond acceptors (Lipinski definition) is 6. The summed E-state index contributed by atoms with van der Waals surface area (Å²) in [5, 5.41) is 28.2. The Kier molecular flexibility index (Phi) is 26.6. The zero-order valence-electron chi connectivity index (χ0n) is 28.2. The Morgan fingerprint density at radius 3 is 1.67 bits per heavy atom. The quantitative estimate of drug-likeness (QED) is 0.0482. The molecule has 0 aromatic carbocycles. The average molecular weight is 645 g/mol. The number of aliphatic hydroxyl groups excluding tert-OH is 1. The van der Waals surface area contributed by atoms with Crippen molar-refractivity contribution in [2.24, 2.45) is 21.9 Å². The van der Waals surface area contributed by atoms with Gasteiger partial charge in [0.2, 0.25) is 11.9 Å². The third-order valence-corrected chi connectivity index (χ3v) is 5.77. The van der Waals surface area contributed by atoms with E-state index in [0.717, 1.165) is 32.1 Å². The lowest BCUT2D eigenvalue weighted by atomic mass is 9.87. The van der Waals surface area contributed by atoms with Crippen LogP contribution >= 0.6 is 0 Å². The number of esters is 1. The van der Waals surface area contributed by atoms with Crippen molar-refractivity contribution >= 4 is 29.8 Å². The molecule has 12 heteroatoms. The van der Waals surface area contributed by atoms with Crippen molar-refractivity contribution in [2.75, 3.05) is 27.2 Å². The number of rotatable bonds is 20. The number of aliphatic carboxylic acids is 1. The summed E-state index contributed by atoms with van der Waals surface area (Å²) < 4.78 is 5.19. The first-order valence-corrected chi connectivity index (χ1v) is 15.3. The van der Waals surface area contributed by atoms with Gasteiger partial charge in [-0.25, -0.2) is 0 Å². The van der Waals surface area contributed by atoms with E-state index in [9.17, 15) is 19.5 Å². The van der Waals surface area contributed by atoms with Gasteiger partial charge in [0.05, 0.1) is 19.4 Å². The Morgan fingerprint density at radius 1 is 0.870 bits per heavy atom. The third kappa shape index (κ3) is 28.3. The highest BCUT2D eigenvalue weighted by Crippen LogP contribution is 2.21. The summed E-state index contributed by atoms with van der Waals surface area (Å²) in [5.74, 6) is -2.23. The smallest absolute Gasteiger partial charge is 0.309 e. The van der Waals surface area contributed by atoms with Crippen LogP contribution in [-0.4, -0.2) is 78.2 Å². The number of guanidine groups is 2. The Labute approximate surface area is 274 Å². The van der Waals surface area contributed by atoms with E-state index >= 15 is 0 Å². The molecule has 0 aliphatic carbocycles. The lowest BCUT2D eigenvalue weighted by molar-refractivity contribution is -0.152. The van der Waals surface area contributed by atoms with Crippen LogP contribution in [0.5, 0.6) is 0 Å². The highest BCUT2D eigenvalue weighted by atomic mass is 16.5. The van der Waals surface area contributed by atoms with Gasteiger partial charge in [-0.3, -0.25) is 19.8 Å². The van der Waals surface area contributed by atoms with Gasteiger partial charge in [0.1, 0.15) is 6.10 Å². The molecular weight excluding hydrogens is 588 g/mol. The average Bonchev–Trinajstić information content (AvgIpc) is 2.98. The lowest BCUT2D eigenvalue weighted by Crippen LogP contribution is -2.46.